The van der Waals surface area contributed by atoms with Crippen molar-refractivity contribution in [2.24, 2.45) is 10.4 Å². The van der Waals surface area contributed by atoms with Crippen LogP contribution in [-0.4, -0.2) is 61.6 Å². The van der Waals surface area contributed by atoms with Gasteiger partial charge in [-0.05, 0) is 76.9 Å². The molecule has 0 unspecified atom stereocenters. The lowest BCUT2D eigenvalue weighted by molar-refractivity contribution is 0.309. The highest BCUT2D eigenvalue weighted by Crippen LogP contribution is 2.45. The molecule has 4 nitrogen and oxygen atoms in total. The topological polar surface area (TPSA) is 30.9 Å². The molecule has 0 bridgehead atoms. The third kappa shape index (κ3) is 5.48. The van der Waals surface area contributed by atoms with Gasteiger partial charge in [-0.1, -0.05) is 12.8 Å². The Morgan fingerprint density at radius 2 is 1.75 bits per heavy atom. The Kier molecular flexibility index (Phi) is 8.61. The summed E-state index contributed by atoms with van der Waals surface area (Å²) in [5.74, 6) is 1.18. The van der Waals surface area contributed by atoms with E-state index in [0.29, 0.717) is 5.41 Å². The minimum atomic E-state index is 0. The number of nitrogens with one attached hydrogen (secondary N) is 1. The van der Waals surface area contributed by atoms with Crippen LogP contribution in [0, 0.1) is 5.41 Å². The summed E-state index contributed by atoms with van der Waals surface area (Å²) in [5.41, 5.74) is 0.631. The molecule has 0 aromatic rings. The van der Waals surface area contributed by atoms with Crippen molar-refractivity contribution in [2.45, 2.75) is 64.7 Å². The molecule has 24 heavy (non-hydrogen) atoms. The summed E-state index contributed by atoms with van der Waals surface area (Å²) in [7, 11) is 0. The maximum atomic E-state index is 4.93. The highest BCUT2D eigenvalue weighted by atomic mass is 127. The summed E-state index contributed by atoms with van der Waals surface area (Å²) in [6, 6.07) is 0. The van der Waals surface area contributed by atoms with E-state index in [-0.39, 0.29) is 24.0 Å². The predicted octanol–water partition coefficient (Wildman–Crippen LogP) is 3.71. The predicted molar refractivity (Wildman–Crippen MR) is 113 cm³/mol. The Balaban J connectivity index is 0.00000208. The Morgan fingerprint density at radius 1 is 1.00 bits per heavy atom. The van der Waals surface area contributed by atoms with Crippen LogP contribution in [0.1, 0.15) is 64.7 Å². The van der Waals surface area contributed by atoms with Crippen LogP contribution in [0.15, 0.2) is 4.99 Å². The van der Waals surface area contributed by atoms with Crippen LogP contribution in [0.5, 0.6) is 0 Å². The molecule has 3 aliphatic rings. The number of guanidine groups is 1. The maximum Gasteiger partial charge on any atom is 0.193 e. The smallest absolute Gasteiger partial charge is 0.193 e. The molecular formula is C19H37IN4. The van der Waals surface area contributed by atoms with E-state index >= 15 is 0 Å². The lowest BCUT2D eigenvalue weighted by Crippen LogP contribution is -2.41. The molecule has 3 fully saturated rings. The molecule has 1 saturated carbocycles. The molecule has 2 heterocycles. The number of rotatable bonds is 6. The second kappa shape index (κ2) is 10.2. The molecular weight excluding hydrogens is 411 g/mol. The van der Waals surface area contributed by atoms with Crippen molar-refractivity contribution in [1.82, 2.24) is 15.1 Å². The maximum absolute atomic E-state index is 4.93. The number of hydrogen-bond donors (Lipinski definition) is 1. The molecule has 0 aromatic heterocycles. The summed E-state index contributed by atoms with van der Waals surface area (Å²) >= 11 is 0. The number of likely N-dealkylation sites (tertiary alicyclic amines) is 2. The van der Waals surface area contributed by atoms with Crippen LogP contribution in [0.2, 0.25) is 0 Å². The fourth-order valence-corrected chi connectivity index (χ4v) is 4.71. The number of unbranched alkanes of at least 4 members (excludes halogenated alkanes) is 1. The Morgan fingerprint density at radius 3 is 2.46 bits per heavy atom. The number of nitrogens with zero attached hydrogens (tertiary/aromatic N) is 3. The standard InChI is InChI=1S/C19H36N4.HI/c1-2-20-18(21-12-5-6-13-22-14-7-8-15-22)23-16-11-19(17-23)9-3-4-10-19;/h2-17H2,1H3,(H,20,21);1H. The van der Waals surface area contributed by atoms with Gasteiger partial charge in [0.1, 0.15) is 0 Å². The van der Waals surface area contributed by atoms with Crippen molar-refractivity contribution in [3.05, 3.63) is 0 Å². The van der Waals surface area contributed by atoms with Gasteiger partial charge in [-0.3, -0.25) is 4.99 Å². The van der Waals surface area contributed by atoms with Gasteiger partial charge < -0.3 is 15.1 Å². The fraction of sp³-hybridized carbons (Fsp3) is 0.947. The van der Waals surface area contributed by atoms with E-state index in [2.05, 4.69) is 22.0 Å². The van der Waals surface area contributed by atoms with E-state index in [9.17, 15) is 0 Å². The zero-order valence-corrected chi connectivity index (χ0v) is 17.9. The first kappa shape index (κ1) is 20.3. The van der Waals surface area contributed by atoms with Crippen LogP contribution in [-0.2, 0) is 0 Å². The van der Waals surface area contributed by atoms with E-state index < -0.39 is 0 Å². The van der Waals surface area contributed by atoms with Crippen molar-refractivity contribution >= 4 is 29.9 Å². The van der Waals surface area contributed by atoms with Crippen LogP contribution in [0.25, 0.3) is 0 Å². The van der Waals surface area contributed by atoms with Crippen LogP contribution in [0.3, 0.4) is 0 Å². The van der Waals surface area contributed by atoms with Crippen molar-refractivity contribution in [2.75, 3.05) is 45.8 Å². The summed E-state index contributed by atoms with van der Waals surface area (Å²) in [6.45, 7) is 10.5. The molecule has 1 N–H and O–H groups in total. The second-order valence-corrected chi connectivity index (χ2v) is 7.87. The first-order chi connectivity index (χ1) is 11.3. The van der Waals surface area contributed by atoms with E-state index in [0.717, 1.165) is 13.1 Å². The Hall–Kier alpha value is -0.0400. The van der Waals surface area contributed by atoms with Crippen LogP contribution in [0.4, 0.5) is 0 Å². The fourth-order valence-electron chi connectivity index (χ4n) is 4.71. The van der Waals surface area contributed by atoms with Gasteiger partial charge in [0.2, 0.25) is 0 Å². The van der Waals surface area contributed by atoms with Crippen molar-refractivity contribution < 1.29 is 0 Å². The Bertz CT molecular complexity index is 387. The zero-order valence-electron chi connectivity index (χ0n) is 15.6. The largest absolute Gasteiger partial charge is 0.357 e. The van der Waals surface area contributed by atoms with Crippen molar-refractivity contribution in [3.8, 4) is 0 Å². The van der Waals surface area contributed by atoms with E-state index in [1.807, 2.05) is 0 Å². The van der Waals surface area contributed by atoms with Crippen LogP contribution < -0.4 is 5.32 Å². The summed E-state index contributed by atoms with van der Waals surface area (Å²) in [4.78, 5) is 10.1. The molecule has 140 valence electrons. The van der Waals surface area contributed by atoms with Gasteiger partial charge in [-0.2, -0.15) is 0 Å². The highest BCUT2D eigenvalue weighted by Gasteiger charge is 2.41. The summed E-state index contributed by atoms with van der Waals surface area (Å²) in [5, 5.41) is 3.53. The Labute approximate surface area is 165 Å². The lowest BCUT2D eigenvalue weighted by atomic mass is 9.86. The van der Waals surface area contributed by atoms with Crippen molar-refractivity contribution in [3.63, 3.8) is 0 Å². The van der Waals surface area contributed by atoms with Gasteiger partial charge >= 0.3 is 0 Å². The molecule has 0 amide bonds. The summed E-state index contributed by atoms with van der Waals surface area (Å²) in [6.07, 6.45) is 12.5. The molecule has 0 radical (unpaired) electrons. The molecule has 5 heteroatoms. The number of aliphatic imine (C=N–C) groups is 1. The first-order valence-electron chi connectivity index (χ1n) is 10.1. The minimum Gasteiger partial charge on any atom is -0.357 e. The first-order valence-corrected chi connectivity index (χ1v) is 10.1. The van der Waals surface area contributed by atoms with Gasteiger partial charge in [0.15, 0.2) is 5.96 Å². The van der Waals surface area contributed by atoms with Crippen LogP contribution >= 0.6 is 24.0 Å². The molecule has 0 aromatic carbocycles. The SMILES string of the molecule is CCNC(=NCCCCN1CCCC1)N1CCC2(CCCC2)C1.I. The number of hydrogen-bond acceptors (Lipinski definition) is 2. The highest BCUT2D eigenvalue weighted by molar-refractivity contribution is 14.0. The third-order valence-corrected chi connectivity index (χ3v) is 6.08. The molecule has 0 atom stereocenters. The third-order valence-electron chi connectivity index (χ3n) is 6.08. The van der Waals surface area contributed by atoms with Gasteiger partial charge in [0, 0.05) is 26.2 Å². The normalized spacial score (nSPS) is 23.9. The quantitative estimate of drug-likeness (QED) is 0.291. The summed E-state index contributed by atoms with van der Waals surface area (Å²) < 4.78 is 0. The van der Waals surface area contributed by atoms with Gasteiger partial charge in [0.05, 0.1) is 0 Å². The monoisotopic (exact) mass is 448 g/mol. The van der Waals surface area contributed by atoms with E-state index in [1.54, 1.807) is 0 Å². The van der Waals surface area contributed by atoms with Crippen molar-refractivity contribution in [1.29, 1.82) is 0 Å². The average molecular weight is 448 g/mol. The molecule has 1 aliphatic carbocycles. The molecule has 2 aliphatic heterocycles. The number of halogens is 1. The van der Waals surface area contributed by atoms with Gasteiger partial charge in [-0.15, -0.1) is 24.0 Å². The second-order valence-electron chi connectivity index (χ2n) is 7.87. The van der Waals surface area contributed by atoms with E-state index in [1.165, 1.54) is 96.5 Å². The molecule has 1 spiro atoms. The molecule has 2 saturated heterocycles. The molecule has 3 rings (SSSR count). The average Bonchev–Trinajstić information content (AvgIpc) is 3.30. The van der Waals surface area contributed by atoms with Gasteiger partial charge in [0.25, 0.3) is 0 Å². The minimum absolute atomic E-state index is 0. The zero-order chi connectivity index (χ0) is 16.0. The van der Waals surface area contributed by atoms with E-state index in [4.69, 9.17) is 4.99 Å². The lowest BCUT2D eigenvalue weighted by Gasteiger charge is -2.26. The van der Waals surface area contributed by atoms with Gasteiger partial charge in [-0.25, -0.2) is 0 Å².